The van der Waals surface area contributed by atoms with Crippen molar-refractivity contribution in [3.05, 3.63) is 53.5 Å². The lowest BCUT2D eigenvalue weighted by molar-refractivity contribution is 0.184. The first-order valence-corrected chi connectivity index (χ1v) is 5.67. The Bertz CT molecular complexity index is 457. The van der Waals surface area contributed by atoms with E-state index in [9.17, 15) is 0 Å². The summed E-state index contributed by atoms with van der Waals surface area (Å²) in [7, 11) is 0. The summed E-state index contributed by atoms with van der Waals surface area (Å²) in [6.45, 7) is 4.48. The minimum Gasteiger partial charge on any atom is -0.481 e. The van der Waals surface area contributed by atoms with Crippen molar-refractivity contribution >= 4 is 0 Å². The Hall–Kier alpha value is -1.74. The van der Waals surface area contributed by atoms with E-state index in [1.807, 2.05) is 38.1 Å². The molecule has 17 heavy (non-hydrogen) atoms. The average Bonchev–Trinajstić information content (AvgIpc) is 2.77. The van der Waals surface area contributed by atoms with E-state index in [0.717, 1.165) is 11.5 Å². The topological polar surface area (TPSA) is 48.4 Å². The predicted octanol–water partition coefficient (Wildman–Crippen LogP) is 2.98. The van der Waals surface area contributed by atoms with Crippen LogP contribution in [0.3, 0.4) is 0 Å². The van der Waals surface area contributed by atoms with Crippen LogP contribution in [0.2, 0.25) is 0 Å². The highest BCUT2D eigenvalue weighted by molar-refractivity contribution is 5.33. The van der Waals surface area contributed by atoms with Gasteiger partial charge in [-0.15, -0.1) is 0 Å². The molecule has 3 heteroatoms. The quantitative estimate of drug-likeness (QED) is 0.880. The molecule has 0 aliphatic rings. The standard InChI is InChI=1S/C14H17NO2/c1-10-6-11(2)8-12(7-10)17-14(9-15)13-4-3-5-16-13/h3-8,14H,9,15H2,1-2H3. The van der Waals surface area contributed by atoms with Gasteiger partial charge >= 0.3 is 0 Å². The molecule has 0 saturated heterocycles. The average molecular weight is 231 g/mol. The zero-order valence-electron chi connectivity index (χ0n) is 10.1. The van der Waals surface area contributed by atoms with Gasteiger partial charge in [-0.1, -0.05) is 6.07 Å². The van der Waals surface area contributed by atoms with Crippen LogP contribution in [0.5, 0.6) is 5.75 Å². The Kier molecular flexibility index (Phi) is 3.49. The van der Waals surface area contributed by atoms with E-state index in [0.29, 0.717) is 6.54 Å². The molecule has 2 rings (SSSR count). The van der Waals surface area contributed by atoms with Crippen molar-refractivity contribution in [2.45, 2.75) is 20.0 Å². The number of rotatable bonds is 4. The Labute approximate surface area is 101 Å². The summed E-state index contributed by atoms with van der Waals surface area (Å²) >= 11 is 0. The van der Waals surface area contributed by atoms with E-state index in [-0.39, 0.29) is 6.10 Å². The van der Waals surface area contributed by atoms with Crippen molar-refractivity contribution in [1.29, 1.82) is 0 Å². The number of nitrogens with two attached hydrogens (primary N) is 1. The molecule has 1 aromatic carbocycles. The lowest BCUT2D eigenvalue weighted by Gasteiger charge is -2.16. The third-order valence-electron chi connectivity index (χ3n) is 2.55. The molecule has 0 aliphatic carbocycles. The number of aryl methyl sites for hydroxylation is 2. The van der Waals surface area contributed by atoms with Crippen molar-refractivity contribution in [2.24, 2.45) is 5.73 Å². The molecule has 1 heterocycles. The van der Waals surface area contributed by atoms with E-state index in [4.69, 9.17) is 14.9 Å². The van der Waals surface area contributed by atoms with Crippen LogP contribution in [0.15, 0.2) is 41.0 Å². The summed E-state index contributed by atoms with van der Waals surface area (Å²) in [6, 6.07) is 9.82. The lowest BCUT2D eigenvalue weighted by Crippen LogP contribution is -2.17. The van der Waals surface area contributed by atoms with Crippen molar-refractivity contribution in [3.63, 3.8) is 0 Å². The third-order valence-corrected chi connectivity index (χ3v) is 2.55. The minimum atomic E-state index is -0.230. The van der Waals surface area contributed by atoms with Crippen LogP contribution in [0.1, 0.15) is 23.0 Å². The number of hydrogen-bond acceptors (Lipinski definition) is 3. The molecule has 2 aromatic rings. The SMILES string of the molecule is Cc1cc(C)cc(OC(CN)c2ccco2)c1. The summed E-state index contributed by atoms with van der Waals surface area (Å²) in [5.74, 6) is 1.58. The van der Waals surface area contributed by atoms with Gasteiger partial charge in [-0.05, 0) is 49.2 Å². The highest BCUT2D eigenvalue weighted by Gasteiger charge is 2.14. The molecule has 1 aromatic heterocycles. The van der Waals surface area contributed by atoms with Crippen molar-refractivity contribution < 1.29 is 9.15 Å². The molecule has 3 nitrogen and oxygen atoms in total. The summed E-state index contributed by atoms with van der Waals surface area (Å²) in [6.07, 6.45) is 1.40. The number of furan rings is 1. The molecule has 1 atom stereocenters. The molecule has 0 spiro atoms. The van der Waals surface area contributed by atoms with Crippen molar-refractivity contribution in [2.75, 3.05) is 6.54 Å². The summed E-state index contributed by atoms with van der Waals surface area (Å²) in [5.41, 5.74) is 8.06. The maximum atomic E-state index is 5.85. The van der Waals surface area contributed by atoms with Gasteiger partial charge in [0.05, 0.1) is 6.26 Å². The fourth-order valence-electron chi connectivity index (χ4n) is 1.86. The van der Waals surface area contributed by atoms with E-state index in [1.54, 1.807) is 6.26 Å². The highest BCUT2D eigenvalue weighted by Crippen LogP contribution is 2.23. The normalized spacial score (nSPS) is 12.4. The highest BCUT2D eigenvalue weighted by atomic mass is 16.5. The molecule has 90 valence electrons. The van der Waals surface area contributed by atoms with Gasteiger partial charge in [-0.2, -0.15) is 0 Å². The second-order valence-corrected chi connectivity index (χ2v) is 4.18. The van der Waals surface area contributed by atoms with Crippen LogP contribution in [-0.4, -0.2) is 6.54 Å². The van der Waals surface area contributed by atoms with Crippen LogP contribution in [0, 0.1) is 13.8 Å². The predicted molar refractivity (Wildman–Crippen MR) is 67.0 cm³/mol. The van der Waals surface area contributed by atoms with Crippen LogP contribution < -0.4 is 10.5 Å². The van der Waals surface area contributed by atoms with Gasteiger partial charge in [0.15, 0.2) is 6.10 Å². The van der Waals surface area contributed by atoms with Crippen LogP contribution in [0.25, 0.3) is 0 Å². The van der Waals surface area contributed by atoms with Crippen LogP contribution >= 0.6 is 0 Å². The molecule has 1 unspecified atom stereocenters. The maximum absolute atomic E-state index is 5.85. The van der Waals surface area contributed by atoms with Gasteiger partial charge in [0.25, 0.3) is 0 Å². The molecule has 0 fully saturated rings. The number of ether oxygens (including phenoxy) is 1. The van der Waals surface area contributed by atoms with E-state index >= 15 is 0 Å². The Morgan fingerprint density at radius 2 is 1.94 bits per heavy atom. The van der Waals surface area contributed by atoms with E-state index in [1.165, 1.54) is 11.1 Å². The molecule has 0 bridgehead atoms. The summed E-state index contributed by atoms with van der Waals surface area (Å²) in [5, 5.41) is 0. The monoisotopic (exact) mass is 231 g/mol. The van der Waals surface area contributed by atoms with E-state index in [2.05, 4.69) is 6.07 Å². The van der Waals surface area contributed by atoms with Gasteiger partial charge in [0.1, 0.15) is 11.5 Å². The fourth-order valence-corrected chi connectivity index (χ4v) is 1.86. The van der Waals surface area contributed by atoms with E-state index < -0.39 is 0 Å². The summed E-state index contributed by atoms with van der Waals surface area (Å²) in [4.78, 5) is 0. The first kappa shape index (κ1) is 11.7. The molecule has 0 saturated carbocycles. The van der Waals surface area contributed by atoms with Gasteiger partial charge in [-0.25, -0.2) is 0 Å². The van der Waals surface area contributed by atoms with Crippen LogP contribution in [0.4, 0.5) is 0 Å². The zero-order valence-corrected chi connectivity index (χ0v) is 10.1. The molecule has 0 amide bonds. The Morgan fingerprint density at radius 3 is 2.47 bits per heavy atom. The van der Waals surface area contributed by atoms with Crippen LogP contribution in [-0.2, 0) is 0 Å². The van der Waals surface area contributed by atoms with Crippen molar-refractivity contribution in [3.8, 4) is 5.75 Å². The second kappa shape index (κ2) is 5.06. The fraction of sp³-hybridized carbons (Fsp3) is 0.286. The maximum Gasteiger partial charge on any atom is 0.168 e. The molecule has 0 aliphatic heterocycles. The lowest BCUT2D eigenvalue weighted by atomic mass is 10.1. The first-order valence-electron chi connectivity index (χ1n) is 5.67. The second-order valence-electron chi connectivity index (χ2n) is 4.18. The molecular formula is C14H17NO2. The number of benzene rings is 1. The Morgan fingerprint density at radius 1 is 1.24 bits per heavy atom. The smallest absolute Gasteiger partial charge is 0.168 e. The van der Waals surface area contributed by atoms with Gasteiger partial charge in [-0.3, -0.25) is 0 Å². The summed E-state index contributed by atoms with van der Waals surface area (Å²) < 4.78 is 11.2. The first-order chi connectivity index (χ1) is 8.19. The molecule has 2 N–H and O–H groups in total. The third kappa shape index (κ3) is 2.88. The Balaban J connectivity index is 2.18. The van der Waals surface area contributed by atoms with Gasteiger partial charge in [0.2, 0.25) is 0 Å². The zero-order chi connectivity index (χ0) is 12.3. The minimum absolute atomic E-state index is 0.230. The molecular weight excluding hydrogens is 214 g/mol. The van der Waals surface area contributed by atoms with Crippen molar-refractivity contribution in [1.82, 2.24) is 0 Å². The largest absolute Gasteiger partial charge is 0.481 e. The molecule has 0 radical (unpaired) electrons. The van der Waals surface area contributed by atoms with Gasteiger partial charge in [0, 0.05) is 6.54 Å². The number of hydrogen-bond donors (Lipinski definition) is 1. The van der Waals surface area contributed by atoms with Gasteiger partial charge < -0.3 is 14.9 Å².